The number of rotatable bonds is 7. The molecule has 0 unspecified atom stereocenters. The number of fused-ring (bicyclic) bond motifs is 1. The molecule has 1 aliphatic rings. The van der Waals surface area contributed by atoms with E-state index in [1.165, 1.54) is 0 Å². The fourth-order valence-corrected chi connectivity index (χ4v) is 3.91. The summed E-state index contributed by atoms with van der Waals surface area (Å²) in [5.41, 5.74) is -3.21. The van der Waals surface area contributed by atoms with Gasteiger partial charge in [-0.05, 0) is 6.92 Å². The van der Waals surface area contributed by atoms with Crippen LogP contribution in [0.3, 0.4) is 0 Å². The molecule has 0 aromatic carbocycles. The zero-order valence-electron chi connectivity index (χ0n) is 19.0. The predicted molar refractivity (Wildman–Crippen MR) is 118 cm³/mol. The Labute approximate surface area is 209 Å². The lowest BCUT2D eigenvalue weighted by Crippen LogP contribution is -2.35. The van der Waals surface area contributed by atoms with Gasteiger partial charge in [0.15, 0.2) is 0 Å². The standard InChI is InChI=1S/C20H19ClF6N8O2/c1-10(31-12-6-30-32-17(36)15(12)20(25,26)27)8-37-9-13-16(21)14-7-34(2-3-35(14)33-13)18-28-4-11(5-29-18)19(22,23)24/h4-6,10H,2-3,7-9H2,1H3,(H2,31,32,36)/t10-/m0/s1. The number of aromatic nitrogens is 6. The van der Waals surface area contributed by atoms with Gasteiger partial charge in [0.25, 0.3) is 5.56 Å². The van der Waals surface area contributed by atoms with Crippen LogP contribution in [0.15, 0.2) is 23.4 Å². The fraction of sp³-hybridized carbons (Fsp3) is 0.450. The van der Waals surface area contributed by atoms with Crippen LogP contribution in [0.2, 0.25) is 5.02 Å². The van der Waals surface area contributed by atoms with Crippen LogP contribution >= 0.6 is 11.6 Å². The molecule has 0 amide bonds. The maximum Gasteiger partial charge on any atom is 0.423 e. The summed E-state index contributed by atoms with van der Waals surface area (Å²) in [5.74, 6) is 0.113. The third-order valence-corrected chi connectivity index (χ3v) is 5.81. The molecule has 0 aliphatic carbocycles. The molecule has 0 fully saturated rings. The first-order valence-corrected chi connectivity index (χ1v) is 11.1. The molecular weight excluding hydrogens is 534 g/mol. The number of halogens is 7. The van der Waals surface area contributed by atoms with Crippen LogP contribution < -0.4 is 15.8 Å². The molecule has 37 heavy (non-hydrogen) atoms. The van der Waals surface area contributed by atoms with E-state index in [9.17, 15) is 31.1 Å². The molecule has 3 aromatic rings. The van der Waals surface area contributed by atoms with E-state index in [0.717, 1.165) is 6.20 Å². The molecule has 0 bridgehead atoms. The van der Waals surface area contributed by atoms with Gasteiger partial charge in [-0.25, -0.2) is 15.1 Å². The Kier molecular flexibility index (Phi) is 7.32. The van der Waals surface area contributed by atoms with E-state index in [0.29, 0.717) is 36.9 Å². The summed E-state index contributed by atoms with van der Waals surface area (Å²) in [7, 11) is 0. The molecule has 0 saturated heterocycles. The first-order valence-electron chi connectivity index (χ1n) is 10.7. The van der Waals surface area contributed by atoms with Gasteiger partial charge >= 0.3 is 12.4 Å². The van der Waals surface area contributed by atoms with Crippen LogP contribution in [0.4, 0.5) is 38.0 Å². The Morgan fingerprint density at radius 2 is 1.84 bits per heavy atom. The van der Waals surface area contributed by atoms with E-state index in [4.69, 9.17) is 16.3 Å². The number of nitrogens with zero attached hydrogens (tertiary/aromatic N) is 6. The van der Waals surface area contributed by atoms with Gasteiger partial charge in [-0.3, -0.25) is 9.48 Å². The average molecular weight is 553 g/mol. The molecule has 0 radical (unpaired) electrons. The lowest BCUT2D eigenvalue weighted by Gasteiger charge is -2.27. The zero-order chi connectivity index (χ0) is 27.0. The number of nitrogens with one attached hydrogen (secondary N) is 2. The second kappa shape index (κ2) is 10.2. The maximum absolute atomic E-state index is 13.2. The number of aromatic amines is 1. The van der Waals surface area contributed by atoms with Crippen LogP contribution in [0.1, 0.15) is 29.4 Å². The zero-order valence-corrected chi connectivity index (χ0v) is 19.7. The summed E-state index contributed by atoms with van der Waals surface area (Å²) in [6, 6.07) is -0.631. The summed E-state index contributed by atoms with van der Waals surface area (Å²) in [6.07, 6.45) is -7.12. The van der Waals surface area contributed by atoms with Gasteiger partial charge in [-0.15, -0.1) is 0 Å². The first kappa shape index (κ1) is 26.7. The van der Waals surface area contributed by atoms with E-state index in [1.54, 1.807) is 21.6 Å². The number of hydrogen-bond donors (Lipinski definition) is 2. The highest BCUT2D eigenvalue weighted by atomic mass is 35.5. The molecule has 4 heterocycles. The molecular formula is C20H19ClF6N8O2. The Bertz CT molecular complexity index is 1310. The highest BCUT2D eigenvalue weighted by molar-refractivity contribution is 6.31. The molecule has 0 saturated carbocycles. The van der Waals surface area contributed by atoms with Gasteiger partial charge in [-0.1, -0.05) is 11.6 Å². The van der Waals surface area contributed by atoms with Crippen molar-refractivity contribution >= 4 is 23.2 Å². The topological polar surface area (TPSA) is 114 Å². The van der Waals surface area contributed by atoms with Crippen LogP contribution in [0.5, 0.6) is 0 Å². The molecule has 4 rings (SSSR count). The van der Waals surface area contributed by atoms with Crippen LogP contribution in [-0.2, 0) is 36.8 Å². The Hall–Kier alpha value is -3.40. The SMILES string of the molecule is C[C@@H](COCc1nn2c(c1Cl)CN(c1ncc(C(F)(F)F)cn1)CC2)Nc1cn[nH]c(=O)c1C(F)(F)F. The lowest BCUT2D eigenvalue weighted by atomic mass is 10.2. The molecule has 1 aliphatic heterocycles. The average Bonchev–Trinajstić information content (AvgIpc) is 3.12. The highest BCUT2D eigenvalue weighted by Crippen LogP contribution is 2.32. The van der Waals surface area contributed by atoms with Gasteiger partial charge in [0.1, 0.15) is 11.3 Å². The van der Waals surface area contributed by atoms with Crippen LogP contribution in [0.25, 0.3) is 0 Å². The van der Waals surface area contributed by atoms with E-state index >= 15 is 0 Å². The largest absolute Gasteiger partial charge is 0.423 e. The summed E-state index contributed by atoms with van der Waals surface area (Å²) in [5, 5.41) is 12.4. The molecule has 1 atom stereocenters. The molecule has 0 spiro atoms. The minimum Gasteiger partial charge on any atom is -0.378 e. The van der Waals surface area contributed by atoms with Gasteiger partial charge < -0.3 is 15.0 Å². The third-order valence-electron chi connectivity index (χ3n) is 5.38. The van der Waals surface area contributed by atoms with Crippen molar-refractivity contribution in [2.24, 2.45) is 0 Å². The van der Waals surface area contributed by atoms with Crippen molar-refractivity contribution in [2.75, 3.05) is 23.4 Å². The smallest absolute Gasteiger partial charge is 0.378 e. The van der Waals surface area contributed by atoms with Crippen molar-refractivity contribution in [3.8, 4) is 0 Å². The van der Waals surface area contributed by atoms with Gasteiger partial charge in [0, 0.05) is 25.0 Å². The summed E-state index contributed by atoms with van der Waals surface area (Å²) >= 11 is 6.45. The van der Waals surface area contributed by atoms with Crippen molar-refractivity contribution in [3.63, 3.8) is 0 Å². The minimum atomic E-state index is -4.87. The molecule has 2 N–H and O–H groups in total. The Balaban J connectivity index is 1.36. The number of ether oxygens (including phenoxy) is 1. The Morgan fingerprint density at radius 1 is 1.14 bits per heavy atom. The summed E-state index contributed by atoms with van der Waals surface area (Å²) in [4.78, 5) is 20.8. The van der Waals surface area contributed by atoms with E-state index in [2.05, 4.69) is 25.5 Å². The van der Waals surface area contributed by atoms with Gasteiger partial charge in [0.05, 0.1) is 54.5 Å². The maximum atomic E-state index is 13.2. The monoisotopic (exact) mass is 552 g/mol. The van der Waals surface area contributed by atoms with Gasteiger partial charge in [0.2, 0.25) is 5.95 Å². The highest BCUT2D eigenvalue weighted by Gasteiger charge is 2.37. The lowest BCUT2D eigenvalue weighted by molar-refractivity contribution is -0.139. The van der Waals surface area contributed by atoms with Crippen molar-refractivity contribution in [1.82, 2.24) is 29.9 Å². The normalized spacial score (nSPS) is 15.0. The van der Waals surface area contributed by atoms with Gasteiger partial charge in [-0.2, -0.15) is 36.5 Å². The Morgan fingerprint density at radius 3 is 2.49 bits per heavy atom. The van der Waals surface area contributed by atoms with E-state index in [-0.39, 0.29) is 30.7 Å². The van der Waals surface area contributed by atoms with Crippen LogP contribution in [0, 0.1) is 0 Å². The summed E-state index contributed by atoms with van der Waals surface area (Å²) < 4.78 is 85.0. The number of H-pyrrole nitrogens is 1. The number of alkyl halides is 6. The number of hydrogen-bond acceptors (Lipinski definition) is 8. The van der Waals surface area contributed by atoms with Crippen molar-refractivity contribution in [1.29, 1.82) is 0 Å². The summed E-state index contributed by atoms with van der Waals surface area (Å²) in [6.45, 7) is 2.40. The third kappa shape index (κ3) is 5.95. The number of anilines is 2. The molecule has 200 valence electrons. The van der Waals surface area contributed by atoms with Crippen molar-refractivity contribution in [3.05, 3.63) is 56.5 Å². The fourth-order valence-electron chi connectivity index (χ4n) is 3.66. The predicted octanol–water partition coefficient (Wildman–Crippen LogP) is 3.48. The molecule has 10 nitrogen and oxygen atoms in total. The minimum absolute atomic E-state index is 0.0475. The second-order valence-corrected chi connectivity index (χ2v) is 8.55. The van der Waals surface area contributed by atoms with Crippen LogP contribution in [-0.4, -0.2) is 49.1 Å². The molecule has 17 heteroatoms. The first-order chi connectivity index (χ1) is 17.3. The van der Waals surface area contributed by atoms with Crippen molar-refractivity contribution < 1.29 is 31.1 Å². The molecule has 3 aromatic heterocycles. The van der Waals surface area contributed by atoms with E-state index < -0.39 is 40.8 Å². The van der Waals surface area contributed by atoms with E-state index in [1.807, 2.05) is 0 Å². The quantitative estimate of drug-likeness (QED) is 0.428. The second-order valence-electron chi connectivity index (χ2n) is 8.17. The van der Waals surface area contributed by atoms with Crippen molar-refractivity contribution in [2.45, 2.75) is 45.0 Å².